The van der Waals surface area contributed by atoms with Gasteiger partial charge in [0.1, 0.15) is 22.7 Å². The summed E-state index contributed by atoms with van der Waals surface area (Å²) in [6.45, 7) is 2.13. The van der Waals surface area contributed by atoms with Crippen LogP contribution in [-0.2, 0) is 17.6 Å². The number of carbonyl (C=O) groups is 1. The molecule has 1 aromatic carbocycles. The molecule has 1 fully saturated rings. The van der Waals surface area contributed by atoms with Gasteiger partial charge in [-0.05, 0) is 12.1 Å². The van der Waals surface area contributed by atoms with Crippen LogP contribution in [0.4, 0.5) is 19.0 Å². The van der Waals surface area contributed by atoms with Crippen LogP contribution < -0.4 is 9.64 Å². The number of amides is 1. The first-order valence-corrected chi connectivity index (χ1v) is 10.6. The molecule has 1 aliphatic heterocycles. The Balaban J connectivity index is 1.44. The van der Waals surface area contributed by atoms with Crippen LogP contribution in [-0.4, -0.2) is 60.2 Å². The lowest BCUT2D eigenvalue weighted by Crippen LogP contribution is -2.49. The summed E-state index contributed by atoms with van der Waals surface area (Å²) in [5.41, 5.74) is 0.838. The van der Waals surface area contributed by atoms with E-state index in [1.54, 1.807) is 12.0 Å². The summed E-state index contributed by atoms with van der Waals surface area (Å²) in [5.74, 6) is 1.32. The highest BCUT2D eigenvalue weighted by Crippen LogP contribution is 2.34. The summed E-state index contributed by atoms with van der Waals surface area (Å²) < 4.78 is 43.6. The van der Waals surface area contributed by atoms with Gasteiger partial charge in [0.2, 0.25) is 5.91 Å². The molecule has 1 amide bonds. The van der Waals surface area contributed by atoms with E-state index in [4.69, 9.17) is 4.74 Å². The van der Waals surface area contributed by atoms with E-state index in [0.29, 0.717) is 48.0 Å². The van der Waals surface area contributed by atoms with E-state index in [1.807, 2.05) is 29.2 Å². The van der Waals surface area contributed by atoms with E-state index < -0.39 is 12.6 Å². The van der Waals surface area contributed by atoms with Crippen LogP contribution in [0.3, 0.4) is 0 Å². The third-order valence-corrected chi connectivity index (χ3v) is 6.24. The largest absolute Gasteiger partial charge is 0.496 e. The zero-order valence-corrected chi connectivity index (χ0v) is 17.7. The highest BCUT2D eigenvalue weighted by molar-refractivity contribution is 7.18. The standard InChI is InChI=1S/C21H21F3N4O2S/c1-30-17-5-3-2-4-14(17)10-18(29)27-6-8-28(9-7-27)19-16-11-15(12-21(22,23)24)31-20(16)26-13-25-19/h2-5,11,13H,6-10,12H2,1H3. The van der Waals surface area contributed by atoms with Gasteiger partial charge in [0.15, 0.2) is 0 Å². The molecular weight excluding hydrogens is 429 g/mol. The topological polar surface area (TPSA) is 58.6 Å². The average molecular weight is 450 g/mol. The minimum absolute atomic E-state index is 0.0139. The number of hydrogen-bond donors (Lipinski definition) is 0. The molecule has 164 valence electrons. The van der Waals surface area contributed by atoms with Crippen molar-refractivity contribution in [3.05, 3.63) is 47.1 Å². The highest BCUT2D eigenvalue weighted by atomic mass is 32.1. The molecule has 3 aromatic rings. The van der Waals surface area contributed by atoms with E-state index in [9.17, 15) is 18.0 Å². The Bertz CT molecular complexity index is 1080. The van der Waals surface area contributed by atoms with Crippen LogP contribution in [0.25, 0.3) is 10.2 Å². The third kappa shape index (κ3) is 4.90. The van der Waals surface area contributed by atoms with Crippen LogP contribution >= 0.6 is 11.3 Å². The molecule has 0 saturated carbocycles. The smallest absolute Gasteiger partial charge is 0.393 e. The van der Waals surface area contributed by atoms with Crippen LogP contribution in [0.5, 0.6) is 5.75 Å². The molecule has 31 heavy (non-hydrogen) atoms. The molecule has 0 unspecified atom stereocenters. The van der Waals surface area contributed by atoms with Crippen molar-refractivity contribution in [2.75, 3.05) is 38.2 Å². The lowest BCUT2D eigenvalue weighted by molar-refractivity contribution is -0.130. The summed E-state index contributed by atoms with van der Waals surface area (Å²) in [7, 11) is 1.58. The first kappa shape index (κ1) is 21.4. The number of halogens is 3. The Hall–Kier alpha value is -2.88. The van der Waals surface area contributed by atoms with Crippen molar-refractivity contribution in [1.29, 1.82) is 0 Å². The Morgan fingerprint density at radius 3 is 2.61 bits per heavy atom. The van der Waals surface area contributed by atoms with Crippen molar-refractivity contribution >= 4 is 33.3 Å². The monoisotopic (exact) mass is 450 g/mol. The number of alkyl halides is 3. The number of benzene rings is 1. The number of nitrogens with zero attached hydrogens (tertiary/aromatic N) is 4. The van der Waals surface area contributed by atoms with Crippen molar-refractivity contribution in [1.82, 2.24) is 14.9 Å². The normalized spacial score (nSPS) is 14.8. The van der Waals surface area contributed by atoms with Crippen molar-refractivity contribution in [2.24, 2.45) is 0 Å². The fourth-order valence-electron chi connectivity index (χ4n) is 3.72. The molecule has 0 spiro atoms. The van der Waals surface area contributed by atoms with E-state index in [2.05, 4.69) is 9.97 Å². The molecule has 6 nitrogen and oxygen atoms in total. The summed E-state index contributed by atoms with van der Waals surface area (Å²) in [4.78, 5) is 25.8. The molecule has 0 radical (unpaired) electrons. The number of carbonyl (C=O) groups excluding carboxylic acids is 1. The quantitative estimate of drug-likeness (QED) is 0.593. The number of thiophene rings is 1. The van der Waals surface area contributed by atoms with Crippen LogP contribution in [0, 0.1) is 0 Å². The summed E-state index contributed by atoms with van der Waals surface area (Å²) in [6.07, 6.45) is -3.60. The van der Waals surface area contributed by atoms with Crippen molar-refractivity contribution in [3.8, 4) is 5.75 Å². The number of fused-ring (bicyclic) bond motifs is 1. The zero-order valence-electron chi connectivity index (χ0n) is 16.9. The van der Waals surface area contributed by atoms with E-state index in [1.165, 1.54) is 12.4 Å². The number of para-hydroxylation sites is 1. The predicted octanol–water partition coefficient (Wildman–Crippen LogP) is 3.70. The number of anilines is 1. The summed E-state index contributed by atoms with van der Waals surface area (Å²) >= 11 is 1.04. The fraction of sp³-hybridized carbons (Fsp3) is 0.381. The zero-order chi connectivity index (χ0) is 22.0. The number of ether oxygens (including phenoxy) is 1. The number of rotatable bonds is 5. The van der Waals surface area contributed by atoms with Crippen molar-refractivity contribution in [2.45, 2.75) is 19.0 Å². The van der Waals surface area contributed by atoms with Gasteiger partial charge in [-0.15, -0.1) is 11.3 Å². The van der Waals surface area contributed by atoms with Gasteiger partial charge < -0.3 is 14.5 Å². The molecule has 0 aliphatic carbocycles. The molecule has 0 N–H and O–H groups in total. The maximum absolute atomic E-state index is 12.8. The number of methoxy groups -OCH3 is 1. The van der Waals surface area contributed by atoms with Gasteiger partial charge in [-0.25, -0.2) is 9.97 Å². The minimum atomic E-state index is -4.26. The molecular formula is C21H21F3N4O2S. The number of piperazine rings is 1. The first-order chi connectivity index (χ1) is 14.8. The van der Waals surface area contributed by atoms with E-state index in [0.717, 1.165) is 16.9 Å². The van der Waals surface area contributed by atoms with Gasteiger partial charge in [0, 0.05) is 36.6 Å². The Morgan fingerprint density at radius 2 is 1.90 bits per heavy atom. The highest BCUT2D eigenvalue weighted by Gasteiger charge is 2.30. The van der Waals surface area contributed by atoms with Crippen LogP contribution in [0.2, 0.25) is 0 Å². The van der Waals surface area contributed by atoms with Gasteiger partial charge in [-0.3, -0.25) is 4.79 Å². The Labute approximate surface area is 181 Å². The van der Waals surface area contributed by atoms with Gasteiger partial charge >= 0.3 is 6.18 Å². The van der Waals surface area contributed by atoms with Gasteiger partial charge in [0.25, 0.3) is 0 Å². The van der Waals surface area contributed by atoms with Gasteiger partial charge in [-0.2, -0.15) is 13.2 Å². The molecule has 3 heterocycles. The fourth-order valence-corrected chi connectivity index (χ4v) is 4.74. The molecule has 10 heteroatoms. The Morgan fingerprint density at radius 1 is 1.16 bits per heavy atom. The first-order valence-electron chi connectivity index (χ1n) is 9.79. The maximum atomic E-state index is 12.8. The predicted molar refractivity (Wildman–Crippen MR) is 113 cm³/mol. The van der Waals surface area contributed by atoms with Gasteiger partial charge in [0.05, 0.1) is 25.3 Å². The molecule has 2 aromatic heterocycles. The second kappa shape index (κ2) is 8.70. The van der Waals surface area contributed by atoms with E-state index >= 15 is 0 Å². The molecule has 1 saturated heterocycles. The van der Waals surface area contributed by atoms with Crippen LogP contribution in [0.15, 0.2) is 36.7 Å². The van der Waals surface area contributed by atoms with Crippen LogP contribution in [0.1, 0.15) is 10.4 Å². The second-order valence-corrected chi connectivity index (χ2v) is 8.39. The molecule has 0 bridgehead atoms. The van der Waals surface area contributed by atoms with Crippen molar-refractivity contribution < 1.29 is 22.7 Å². The summed E-state index contributed by atoms with van der Waals surface area (Å²) in [6, 6.07) is 8.96. The van der Waals surface area contributed by atoms with Crippen molar-refractivity contribution in [3.63, 3.8) is 0 Å². The number of hydrogen-bond acceptors (Lipinski definition) is 6. The SMILES string of the molecule is COc1ccccc1CC(=O)N1CCN(c2ncnc3sc(CC(F)(F)F)cc23)CC1. The molecule has 1 aliphatic rings. The van der Waals surface area contributed by atoms with E-state index in [-0.39, 0.29) is 17.2 Å². The third-order valence-electron chi connectivity index (χ3n) is 5.20. The number of aromatic nitrogens is 2. The second-order valence-electron chi connectivity index (χ2n) is 7.28. The Kier molecular flexibility index (Phi) is 5.99. The molecule has 0 atom stereocenters. The maximum Gasteiger partial charge on any atom is 0.393 e. The summed E-state index contributed by atoms with van der Waals surface area (Å²) in [5, 5.41) is 0.626. The van der Waals surface area contributed by atoms with Gasteiger partial charge in [-0.1, -0.05) is 18.2 Å². The minimum Gasteiger partial charge on any atom is -0.496 e. The average Bonchev–Trinajstić information content (AvgIpc) is 3.15. The molecule has 4 rings (SSSR count). The lowest BCUT2D eigenvalue weighted by Gasteiger charge is -2.35. The lowest BCUT2D eigenvalue weighted by atomic mass is 10.1.